The molecular weight excluding hydrogens is 611 g/mol. The third-order valence-corrected chi connectivity index (χ3v) is 14.6. The molecule has 0 aromatic carbocycles. The molecule has 0 saturated heterocycles. The molecule has 280 valence electrons. The van der Waals surface area contributed by atoms with E-state index in [0.29, 0.717) is 11.8 Å². The predicted octanol–water partition coefficient (Wildman–Crippen LogP) is 12.5. The minimum atomic E-state index is -0.959. The van der Waals surface area contributed by atoms with Crippen LogP contribution in [0.5, 0.6) is 0 Å². The molecule has 9 atom stereocenters. The number of ether oxygens (including phenoxy) is 1. The molecule has 49 heavy (non-hydrogen) atoms. The van der Waals surface area contributed by atoms with Crippen molar-refractivity contribution in [2.45, 2.75) is 221 Å². The molecule has 0 amide bonds. The van der Waals surface area contributed by atoms with Crippen molar-refractivity contribution in [2.75, 3.05) is 0 Å². The second-order valence-corrected chi connectivity index (χ2v) is 18.5. The average molecular weight is 693 g/mol. The number of fused-ring (bicyclic) bond motifs is 5. The second kappa shape index (κ2) is 21.8. The summed E-state index contributed by atoms with van der Waals surface area (Å²) in [5.74, 6) is 4.70. The van der Waals surface area contributed by atoms with Crippen molar-refractivity contribution in [3.8, 4) is 0 Å². The summed E-state index contributed by atoms with van der Waals surface area (Å²) in [7, 11) is 0. The summed E-state index contributed by atoms with van der Waals surface area (Å²) in [4.78, 5) is 12.9. The quantitative estimate of drug-likeness (QED) is 0.0532. The van der Waals surface area contributed by atoms with Gasteiger partial charge in [0.1, 0.15) is 6.10 Å². The standard InChI is InChI=1S/C45H80O3.Na.H/c1-7-8-9-10-11-12-13-14-15-16-17-18-19-20-24-42(46)43(47)48-37-29-31-44(5)36(33-37)25-26-38-40-28-27-39(35(4)23-21-22-34(2)3)45(40,6)32-30-41(38)44;;/h25,34-35,37-42,46H,7-24,26-33H2,1-6H3;;/t35-,37+,38+,39-,40+,41+,42?,44+,45-;;/m1../s1. The summed E-state index contributed by atoms with van der Waals surface area (Å²) >= 11 is 0. The summed E-state index contributed by atoms with van der Waals surface area (Å²) < 4.78 is 6.00. The molecule has 3 saturated carbocycles. The van der Waals surface area contributed by atoms with Gasteiger partial charge in [-0.3, -0.25) is 0 Å². The molecule has 1 unspecified atom stereocenters. The van der Waals surface area contributed by atoms with Crippen LogP contribution in [0.2, 0.25) is 0 Å². The zero-order chi connectivity index (χ0) is 34.6. The number of rotatable bonds is 22. The Morgan fingerprint density at radius 2 is 1.39 bits per heavy atom. The fourth-order valence-electron chi connectivity index (χ4n) is 11.6. The Kier molecular flexibility index (Phi) is 19.4. The van der Waals surface area contributed by atoms with Gasteiger partial charge in [-0.1, -0.05) is 162 Å². The normalized spacial score (nSPS) is 32.0. The number of aliphatic hydroxyl groups excluding tert-OH is 1. The summed E-state index contributed by atoms with van der Waals surface area (Å²) in [6.45, 7) is 14.8. The molecule has 0 spiro atoms. The van der Waals surface area contributed by atoms with Crippen molar-refractivity contribution in [3.05, 3.63) is 11.6 Å². The SMILES string of the molecule is CCCCCCCCCCCCCCCCC(O)C(=O)O[C@H]1CC[C@@]2(C)C(=CC[C@H]3[C@@H]4CC[C@H]([C@H](C)CCCC(C)C)[C@@]4(C)CC[C@@H]32)C1.[NaH]. The first-order chi connectivity index (χ1) is 23.1. The number of hydrogen-bond donors (Lipinski definition) is 1. The third-order valence-electron chi connectivity index (χ3n) is 14.6. The molecule has 3 nitrogen and oxygen atoms in total. The van der Waals surface area contributed by atoms with Crippen LogP contribution in [0.4, 0.5) is 0 Å². The molecule has 0 heterocycles. The van der Waals surface area contributed by atoms with Gasteiger partial charge in [0.05, 0.1) is 0 Å². The van der Waals surface area contributed by atoms with Crippen LogP contribution < -0.4 is 0 Å². The first kappa shape index (κ1) is 43.6. The third kappa shape index (κ3) is 12.1. The minimum absolute atomic E-state index is 0. The first-order valence-electron chi connectivity index (χ1n) is 21.7. The second-order valence-electron chi connectivity index (χ2n) is 18.5. The van der Waals surface area contributed by atoms with Gasteiger partial charge in [0.25, 0.3) is 0 Å². The van der Waals surface area contributed by atoms with Gasteiger partial charge in [-0.05, 0) is 97.7 Å². The first-order valence-corrected chi connectivity index (χ1v) is 21.7. The molecule has 0 aromatic heterocycles. The monoisotopic (exact) mass is 693 g/mol. The molecule has 4 heteroatoms. The Balaban J connectivity index is 0.00000650. The van der Waals surface area contributed by atoms with E-state index in [9.17, 15) is 9.90 Å². The van der Waals surface area contributed by atoms with Crippen LogP contribution in [0.25, 0.3) is 0 Å². The molecule has 0 aromatic rings. The van der Waals surface area contributed by atoms with Gasteiger partial charge in [0.2, 0.25) is 0 Å². The maximum absolute atomic E-state index is 12.9. The summed E-state index contributed by atoms with van der Waals surface area (Å²) in [5, 5.41) is 10.6. The van der Waals surface area contributed by atoms with E-state index in [2.05, 4.69) is 47.6 Å². The number of carbonyl (C=O) groups excluding carboxylic acids is 1. The van der Waals surface area contributed by atoms with Crippen LogP contribution in [0.15, 0.2) is 11.6 Å². The number of aliphatic hydroxyl groups is 1. The van der Waals surface area contributed by atoms with Crippen LogP contribution in [0, 0.1) is 46.3 Å². The molecule has 0 aliphatic heterocycles. The van der Waals surface area contributed by atoms with E-state index in [1.807, 2.05) is 0 Å². The van der Waals surface area contributed by atoms with Crippen LogP contribution in [-0.2, 0) is 9.53 Å². The predicted molar refractivity (Wildman–Crippen MR) is 211 cm³/mol. The Hall–Kier alpha value is 0.170. The summed E-state index contributed by atoms with van der Waals surface area (Å²) in [6, 6.07) is 0. The van der Waals surface area contributed by atoms with Gasteiger partial charge in [-0.15, -0.1) is 0 Å². The van der Waals surface area contributed by atoms with Crippen molar-refractivity contribution in [3.63, 3.8) is 0 Å². The summed E-state index contributed by atoms with van der Waals surface area (Å²) in [6.07, 6.45) is 34.6. The van der Waals surface area contributed by atoms with E-state index >= 15 is 0 Å². The van der Waals surface area contributed by atoms with Gasteiger partial charge in [-0.25, -0.2) is 4.79 Å². The Morgan fingerprint density at radius 3 is 2.00 bits per heavy atom. The van der Waals surface area contributed by atoms with E-state index in [0.717, 1.165) is 67.6 Å². The van der Waals surface area contributed by atoms with Crippen molar-refractivity contribution in [1.82, 2.24) is 0 Å². The number of esters is 1. The van der Waals surface area contributed by atoms with Crippen LogP contribution >= 0.6 is 0 Å². The van der Waals surface area contributed by atoms with Crippen LogP contribution in [-0.4, -0.2) is 52.8 Å². The van der Waals surface area contributed by atoms with Gasteiger partial charge in [0, 0.05) is 6.42 Å². The topological polar surface area (TPSA) is 46.5 Å². The Bertz CT molecular complexity index is 976. The zero-order valence-electron chi connectivity index (χ0n) is 32.8. The Labute approximate surface area is 327 Å². The zero-order valence-corrected chi connectivity index (χ0v) is 32.8. The van der Waals surface area contributed by atoms with Crippen LogP contribution in [0.1, 0.15) is 208 Å². The van der Waals surface area contributed by atoms with Crippen molar-refractivity contribution in [2.24, 2.45) is 46.3 Å². The molecule has 0 bridgehead atoms. The number of hydrogen-bond acceptors (Lipinski definition) is 3. The van der Waals surface area contributed by atoms with Gasteiger partial charge in [0.15, 0.2) is 6.10 Å². The number of carbonyl (C=O) groups is 1. The fraction of sp³-hybridized carbons (Fsp3) is 0.933. The van der Waals surface area contributed by atoms with Gasteiger partial charge < -0.3 is 9.84 Å². The van der Waals surface area contributed by atoms with Gasteiger partial charge >= 0.3 is 35.5 Å². The molecule has 3 fully saturated rings. The molecule has 4 aliphatic rings. The number of allylic oxidation sites excluding steroid dienone is 1. The molecule has 0 radical (unpaired) electrons. The van der Waals surface area contributed by atoms with Crippen molar-refractivity contribution < 1.29 is 14.6 Å². The van der Waals surface area contributed by atoms with E-state index in [1.165, 1.54) is 128 Å². The van der Waals surface area contributed by atoms with Crippen LogP contribution in [0.3, 0.4) is 0 Å². The average Bonchev–Trinajstić information content (AvgIpc) is 3.42. The molecule has 1 N–H and O–H groups in total. The van der Waals surface area contributed by atoms with Crippen molar-refractivity contribution in [1.29, 1.82) is 0 Å². The molecule has 4 aliphatic carbocycles. The fourth-order valence-corrected chi connectivity index (χ4v) is 11.6. The van der Waals surface area contributed by atoms with Crippen molar-refractivity contribution >= 4 is 35.5 Å². The van der Waals surface area contributed by atoms with Gasteiger partial charge in [-0.2, -0.15) is 0 Å². The molecular formula is C45H81NaO3. The molecule has 4 rings (SSSR count). The number of unbranched alkanes of at least 4 members (excludes halogenated alkanes) is 13. The van der Waals surface area contributed by atoms with E-state index in [-0.39, 0.29) is 47.0 Å². The maximum atomic E-state index is 12.9. The summed E-state index contributed by atoms with van der Waals surface area (Å²) in [5.41, 5.74) is 2.35. The Morgan fingerprint density at radius 1 is 0.776 bits per heavy atom. The van der Waals surface area contributed by atoms with E-state index < -0.39 is 6.10 Å². The van der Waals surface area contributed by atoms with E-state index in [4.69, 9.17) is 4.74 Å². The van der Waals surface area contributed by atoms with E-state index in [1.54, 1.807) is 5.57 Å².